The van der Waals surface area contributed by atoms with E-state index >= 15 is 0 Å². The highest BCUT2D eigenvalue weighted by Crippen LogP contribution is 2.52. The number of amides is 3. The van der Waals surface area contributed by atoms with Crippen LogP contribution in [-0.2, 0) is 24.7 Å². The summed E-state index contributed by atoms with van der Waals surface area (Å²) in [5.41, 5.74) is 1.28. The van der Waals surface area contributed by atoms with Crippen LogP contribution in [-0.4, -0.2) is 48.9 Å². The van der Waals surface area contributed by atoms with E-state index in [1.807, 2.05) is 32.0 Å². The molecule has 3 amide bonds. The zero-order valence-corrected chi connectivity index (χ0v) is 14.5. The summed E-state index contributed by atoms with van der Waals surface area (Å²) in [6.45, 7) is 4.30. The van der Waals surface area contributed by atoms with Gasteiger partial charge in [0.15, 0.2) is 0 Å². The molecule has 4 rings (SSSR count). The van der Waals surface area contributed by atoms with Crippen LogP contribution in [0, 0.1) is 18.8 Å². The second kappa shape index (κ2) is 5.37. The number of hydrogen-bond donors (Lipinski definition) is 2. The molecular weight excluding hydrogens is 322 g/mol. The largest absolute Gasteiger partial charge is 0.383 e. The van der Waals surface area contributed by atoms with Crippen molar-refractivity contribution in [1.29, 1.82) is 0 Å². The van der Waals surface area contributed by atoms with E-state index in [1.165, 1.54) is 12.0 Å². The third-order valence-electron chi connectivity index (χ3n) is 5.63. The van der Waals surface area contributed by atoms with Crippen molar-refractivity contribution < 1.29 is 19.1 Å². The fraction of sp³-hybridized carbons (Fsp3) is 0.500. The molecule has 1 aromatic rings. The summed E-state index contributed by atoms with van der Waals surface area (Å²) >= 11 is 0. The minimum Gasteiger partial charge on any atom is -0.383 e. The Hall–Kier alpha value is -2.25. The minimum absolute atomic E-state index is 0.215. The van der Waals surface area contributed by atoms with E-state index in [0.717, 1.165) is 11.1 Å². The lowest BCUT2D eigenvalue weighted by atomic mass is 9.76. The molecule has 0 radical (unpaired) electrons. The van der Waals surface area contributed by atoms with Crippen molar-refractivity contribution in [1.82, 2.24) is 10.2 Å². The number of imide groups is 1. The van der Waals surface area contributed by atoms with Crippen molar-refractivity contribution >= 4 is 23.4 Å². The monoisotopic (exact) mass is 343 g/mol. The smallest absolute Gasteiger partial charge is 0.250 e. The van der Waals surface area contributed by atoms with Gasteiger partial charge in [0.2, 0.25) is 17.7 Å². The zero-order valence-electron chi connectivity index (χ0n) is 14.5. The zero-order chi connectivity index (χ0) is 17.9. The van der Waals surface area contributed by atoms with E-state index in [9.17, 15) is 14.4 Å². The number of rotatable bonds is 3. The molecule has 3 aliphatic heterocycles. The van der Waals surface area contributed by atoms with Crippen molar-refractivity contribution in [2.45, 2.75) is 25.4 Å². The van der Waals surface area contributed by atoms with Crippen molar-refractivity contribution in [2.24, 2.45) is 11.8 Å². The first-order valence-electron chi connectivity index (χ1n) is 8.46. The minimum atomic E-state index is -1.18. The average Bonchev–Trinajstić information content (AvgIpc) is 3.12. The molecule has 0 unspecified atom stereocenters. The Morgan fingerprint density at radius 3 is 2.72 bits per heavy atom. The molecule has 3 aliphatic rings. The lowest BCUT2D eigenvalue weighted by Crippen LogP contribution is -2.53. The molecule has 4 atom stereocenters. The maximum absolute atomic E-state index is 13.1. The number of benzene rings is 1. The van der Waals surface area contributed by atoms with Gasteiger partial charge in [-0.15, -0.1) is 0 Å². The fourth-order valence-corrected chi connectivity index (χ4v) is 4.54. The summed E-state index contributed by atoms with van der Waals surface area (Å²) in [4.78, 5) is 40.1. The molecule has 25 heavy (non-hydrogen) atoms. The third kappa shape index (κ3) is 1.96. The molecule has 7 heteroatoms. The first kappa shape index (κ1) is 16.2. The van der Waals surface area contributed by atoms with Gasteiger partial charge in [0.05, 0.1) is 25.0 Å². The van der Waals surface area contributed by atoms with Crippen LogP contribution in [0.1, 0.15) is 18.1 Å². The first-order chi connectivity index (χ1) is 11.9. The van der Waals surface area contributed by atoms with Gasteiger partial charge in [0.25, 0.3) is 0 Å². The number of nitrogens with one attached hydrogen (secondary N) is 2. The van der Waals surface area contributed by atoms with Crippen LogP contribution in [0.4, 0.5) is 5.69 Å². The molecule has 0 aliphatic carbocycles. The highest BCUT2D eigenvalue weighted by Gasteiger charge is 2.69. The first-order valence-corrected chi connectivity index (χ1v) is 8.46. The van der Waals surface area contributed by atoms with Crippen molar-refractivity contribution in [3.63, 3.8) is 0 Å². The molecular formula is C18H21N3O4. The maximum Gasteiger partial charge on any atom is 0.250 e. The van der Waals surface area contributed by atoms with Crippen LogP contribution in [0.5, 0.6) is 0 Å². The topological polar surface area (TPSA) is 87.7 Å². The number of fused-ring (bicyclic) bond motifs is 4. The van der Waals surface area contributed by atoms with Gasteiger partial charge in [-0.2, -0.15) is 0 Å². The van der Waals surface area contributed by atoms with Gasteiger partial charge < -0.3 is 10.1 Å². The van der Waals surface area contributed by atoms with E-state index in [2.05, 4.69) is 10.6 Å². The number of likely N-dealkylation sites (tertiary alicyclic amines) is 1. The number of carbonyl (C=O) groups excluding carboxylic acids is 3. The van der Waals surface area contributed by atoms with Crippen LogP contribution < -0.4 is 10.6 Å². The van der Waals surface area contributed by atoms with Gasteiger partial charge in [-0.05, 0) is 19.9 Å². The summed E-state index contributed by atoms with van der Waals surface area (Å²) in [6.07, 6.45) is 0. The van der Waals surface area contributed by atoms with E-state index in [0.29, 0.717) is 5.69 Å². The summed E-state index contributed by atoms with van der Waals surface area (Å²) in [5, 5.41) is 6.17. The van der Waals surface area contributed by atoms with Gasteiger partial charge in [-0.25, -0.2) is 0 Å². The SMILES string of the molecule is COCCN1C(=O)[C@@H]2[C@H](C)N[C@@]3(C(=O)Nc4ccc(C)cc43)[C@@H]2C1=O. The van der Waals surface area contributed by atoms with Gasteiger partial charge in [0, 0.05) is 24.4 Å². The number of methoxy groups -OCH3 is 1. The van der Waals surface area contributed by atoms with Crippen LogP contribution >= 0.6 is 0 Å². The number of carbonyl (C=O) groups is 3. The second-order valence-corrected chi connectivity index (χ2v) is 7.07. The highest BCUT2D eigenvalue weighted by molar-refractivity contribution is 6.15. The second-order valence-electron chi connectivity index (χ2n) is 7.07. The van der Waals surface area contributed by atoms with Gasteiger partial charge in [0.1, 0.15) is 5.54 Å². The van der Waals surface area contributed by atoms with E-state index in [-0.39, 0.29) is 36.9 Å². The quantitative estimate of drug-likeness (QED) is 0.775. The molecule has 0 aromatic heterocycles. The molecule has 132 valence electrons. The van der Waals surface area contributed by atoms with E-state index < -0.39 is 17.4 Å². The lowest BCUT2D eigenvalue weighted by Gasteiger charge is -2.29. The van der Waals surface area contributed by atoms with Gasteiger partial charge in [-0.1, -0.05) is 17.7 Å². The molecule has 1 aromatic carbocycles. The number of hydrogen-bond acceptors (Lipinski definition) is 5. The van der Waals surface area contributed by atoms with Crippen LogP contribution in [0.25, 0.3) is 0 Å². The molecule has 7 nitrogen and oxygen atoms in total. The summed E-state index contributed by atoms with van der Waals surface area (Å²) < 4.78 is 5.02. The van der Waals surface area contributed by atoms with Crippen LogP contribution in [0.15, 0.2) is 18.2 Å². The van der Waals surface area contributed by atoms with Crippen LogP contribution in [0.3, 0.4) is 0 Å². The molecule has 0 saturated carbocycles. The number of ether oxygens (including phenoxy) is 1. The molecule has 1 spiro atoms. The normalized spacial score (nSPS) is 33.2. The summed E-state index contributed by atoms with van der Waals surface area (Å²) in [6, 6.07) is 5.41. The third-order valence-corrected chi connectivity index (χ3v) is 5.63. The Kier molecular flexibility index (Phi) is 3.49. The fourth-order valence-electron chi connectivity index (χ4n) is 4.54. The standard InChI is InChI=1S/C18H21N3O4/c1-9-4-5-12-11(8-9)18(17(24)19-12)14-13(10(2)20-18)15(22)21(16(14)23)6-7-25-3/h4-5,8,10,13-14,20H,6-7H2,1-3H3,(H,19,24)/t10-,13+,14-,18+/m0/s1. The maximum atomic E-state index is 13.1. The lowest BCUT2D eigenvalue weighted by molar-refractivity contribution is -0.143. The van der Waals surface area contributed by atoms with Crippen molar-refractivity contribution in [2.75, 3.05) is 25.6 Å². The molecule has 3 heterocycles. The Morgan fingerprint density at radius 1 is 1.24 bits per heavy atom. The number of nitrogens with zero attached hydrogens (tertiary/aromatic N) is 1. The van der Waals surface area contributed by atoms with E-state index in [4.69, 9.17) is 4.74 Å². The molecule has 2 fully saturated rings. The molecule has 0 bridgehead atoms. The Labute approximate surface area is 145 Å². The number of aryl methyl sites for hydroxylation is 1. The van der Waals surface area contributed by atoms with Gasteiger partial charge >= 0.3 is 0 Å². The number of anilines is 1. The van der Waals surface area contributed by atoms with Crippen molar-refractivity contribution in [3.8, 4) is 0 Å². The Morgan fingerprint density at radius 2 is 2.00 bits per heavy atom. The van der Waals surface area contributed by atoms with Crippen molar-refractivity contribution in [3.05, 3.63) is 29.3 Å². The Balaban J connectivity index is 1.83. The predicted molar refractivity (Wildman–Crippen MR) is 89.7 cm³/mol. The molecule has 2 N–H and O–H groups in total. The highest BCUT2D eigenvalue weighted by atomic mass is 16.5. The predicted octanol–water partition coefficient (Wildman–Crippen LogP) is 0.382. The summed E-state index contributed by atoms with van der Waals surface area (Å²) in [7, 11) is 1.53. The van der Waals surface area contributed by atoms with E-state index in [1.54, 1.807) is 0 Å². The summed E-state index contributed by atoms with van der Waals surface area (Å²) in [5.74, 6) is -2.05. The average molecular weight is 343 g/mol. The Bertz CT molecular complexity index is 793. The van der Waals surface area contributed by atoms with Gasteiger partial charge in [-0.3, -0.25) is 24.6 Å². The van der Waals surface area contributed by atoms with Crippen LogP contribution in [0.2, 0.25) is 0 Å². The molecule has 2 saturated heterocycles.